The van der Waals surface area contributed by atoms with Gasteiger partial charge in [-0.05, 0) is 42.3 Å². The number of ether oxygens (including phenoxy) is 2. The van der Waals surface area contributed by atoms with Gasteiger partial charge in [0, 0.05) is 25.2 Å². The molecule has 0 bridgehead atoms. The summed E-state index contributed by atoms with van der Waals surface area (Å²) in [7, 11) is -3.64. The van der Waals surface area contributed by atoms with E-state index in [0.29, 0.717) is 44.0 Å². The number of benzene rings is 2. The number of carbonyl (C=O) groups excluding carboxylic acids is 1. The second-order valence-corrected chi connectivity index (χ2v) is 8.94. The molecular weight excluding hydrogens is 404 g/mol. The molecule has 3 rings (SSSR count). The molecule has 0 aliphatic carbocycles. The van der Waals surface area contributed by atoms with E-state index in [1.54, 1.807) is 48.5 Å². The predicted octanol–water partition coefficient (Wildman–Crippen LogP) is 2.82. The molecule has 2 aromatic rings. The summed E-state index contributed by atoms with van der Waals surface area (Å²) in [6.07, 6.45) is 2.04. The molecule has 1 heterocycles. The normalized spacial score (nSPS) is 15.0. The Labute approximate surface area is 178 Å². The van der Waals surface area contributed by atoms with Crippen LogP contribution in [-0.4, -0.2) is 51.5 Å². The topological polar surface area (TPSA) is 84.9 Å². The van der Waals surface area contributed by atoms with Gasteiger partial charge in [0.05, 0.1) is 24.7 Å². The van der Waals surface area contributed by atoms with Gasteiger partial charge in [0.1, 0.15) is 5.75 Å². The fraction of sp³-hybridized carbons (Fsp3) is 0.409. The van der Waals surface area contributed by atoms with Crippen LogP contribution in [0, 0.1) is 0 Å². The third-order valence-corrected chi connectivity index (χ3v) is 6.88. The van der Waals surface area contributed by atoms with E-state index in [4.69, 9.17) is 9.47 Å². The first kappa shape index (κ1) is 22.3. The maximum absolute atomic E-state index is 13.0. The average molecular weight is 433 g/mol. The minimum Gasteiger partial charge on any atom is -0.494 e. The molecule has 30 heavy (non-hydrogen) atoms. The number of morpholine rings is 1. The molecule has 1 aliphatic heterocycles. The van der Waals surface area contributed by atoms with Gasteiger partial charge in [-0.3, -0.25) is 4.79 Å². The number of nitrogens with zero attached hydrogens (tertiary/aromatic N) is 1. The van der Waals surface area contributed by atoms with E-state index in [-0.39, 0.29) is 17.3 Å². The lowest BCUT2D eigenvalue weighted by molar-refractivity contribution is 0.0730. The van der Waals surface area contributed by atoms with Gasteiger partial charge in [0.25, 0.3) is 5.91 Å². The van der Waals surface area contributed by atoms with Gasteiger partial charge in [0.15, 0.2) is 0 Å². The monoisotopic (exact) mass is 432 g/mol. The molecule has 162 valence electrons. The number of rotatable bonds is 9. The number of hydrogen-bond acceptors (Lipinski definition) is 5. The molecular formula is C22H28N2O5S. The Morgan fingerprint density at radius 1 is 1.10 bits per heavy atom. The van der Waals surface area contributed by atoms with E-state index in [0.717, 1.165) is 18.6 Å². The molecule has 1 amide bonds. The standard InChI is InChI=1S/C22H28N2O5S/c1-2-3-14-29-20-10-8-18(9-11-20)22(25)23-17-19-6-4-5-7-21(19)30(26,27)24-12-15-28-16-13-24/h4-11H,2-3,12-17H2,1H3,(H,23,25). The van der Waals surface area contributed by atoms with Crippen molar-refractivity contribution in [3.05, 3.63) is 59.7 Å². The molecule has 0 unspecified atom stereocenters. The first-order chi connectivity index (χ1) is 14.5. The van der Waals surface area contributed by atoms with Gasteiger partial charge in [-0.2, -0.15) is 4.31 Å². The molecule has 0 radical (unpaired) electrons. The fourth-order valence-corrected chi connectivity index (χ4v) is 4.77. The van der Waals surface area contributed by atoms with Gasteiger partial charge < -0.3 is 14.8 Å². The van der Waals surface area contributed by atoms with Gasteiger partial charge in [-0.1, -0.05) is 31.5 Å². The lowest BCUT2D eigenvalue weighted by Gasteiger charge is -2.27. The Morgan fingerprint density at radius 3 is 2.50 bits per heavy atom. The van der Waals surface area contributed by atoms with E-state index >= 15 is 0 Å². The van der Waals surface area contributed by atoms with Gasteiger partial charge in [-0.25, -0.2) is 8.42 Å². The van der Waals surface area contributed by atoms with Gasteiger partial charge in [0.2, 0.25) is 10.0 Å². The highest BCUT2D eigenvalue weighted by molar-refractivity contribution is 7.89. The third-order valence-electron chi connectivity index (χ3n) is 4.88. The Balaban J connectivity index is 1.65. The Bertz CT molecular complexity index is 938. The van der Waals surface area contributed by atoms with Crippen LogP contribution in [0.15, 0.2) is 53.4 Å². The molecule has 2 aromatic carbocycles. The van der Waals surface area contributed by atoms with Crippen LogP contribution in [-0.2, 0) is 21.3 Å². The average Bonchev–Trinajstić information content (AvgIpc) is 2.79. The van der Waals surface area contributed by atoms with Crippen molar-refractivity contribution in [1.82, 2.24) is 9.62 Å². The van der Waals surface area contributed by atoms with Crippen LogP contribution in [0.25, 0.3) is 0 Å². The van der Waals surface area contributed by atoms with Crippen LogP contribution in [0.3, 0.4) is 0 Å². The van der Waals surface area contributed by atoms with Crippen LogP contribution in [0.4, 0.5) is 0 Å². The minimum absolute atomic E-state index is 0.118. The number of unbranched alkanes of at least 4 members (excludes halogenated alkanes) is 1. The van der Waals surface area contributed by atoms with Crippen molar-refractivity contribution >= 4 is 15.9 Å². The second-order valence-electron chi connectivity index (χ2n) is 7.03. The van der Waals surface area contributed by atoms with E-state index in [1.807, 2.05) is 0 Å². The molecule has 0 aromatic heterocycles. The summed E-state index contributed by atoms with van der Waals surface area (Å²) >= 11 is 0. The number of amides is 1. The summed E-state index contributed by atoms with van der Waals surface area (Å²) in [5.74, 6) is 0.454. The van der Waals surface area contributed by atoms with Crippen molar-refractivity contribution in [3.8, 4) is 5.75 Å². The third kappa shape index (κ3) is 5.59. The van der Waals surface area contributed by atoms with Crippen LogP contribution >= 0.6 is 0 Å². The number of carbonyl (C=O) groups is 1. The zero-order valence-electron chi connectivity index (χ0n) is 17.2. The van der Waals surface area contributed by atoms with Crippen molar-refractivity contribution in [3.63, 3.8) is 0 Å². The summed E-state index contributed by atoms with van der Waals surface area (Å²) in [6.45, 7) is 4.29. The minimum atomic E-state index is -3.64. The first-order valence-corrected chi connectivity index (χ1v) is 11.6. The van der Waals surface area contributed by atoms with Gasteiger partial charge in [-0.15, -0.1) is 0 Å². The highest BCUT2D eigenvalue weighted by Crippen LogP contribution is 2.21. The van der Waals surface area contributed by atoms with Crippen molar-refractivity contribution in [1.29, 1.82) is 0 Å². The quantitative estimate of drug-likeness (QED) is 0.616. The summed E-state index contributed by atoms with van der Waals surface area (Å²) in [5.41, 5.74) is 1.04. The highest BCUT2D eigenvalue weighted by atomic mass is 32.2. The zero-order chi connectivity index (χ0) is 21.4. The highest BCUT2D eigenvalue weighted by Gasteiger charge is 2.28. The molecule has 1 aliphatic rings. The first-order valence-electron chi connectivity index (χ1n) is 10.2. The molecule has 1 N–H and O–H groups in total. The summed E-state index contributed by atoms with van der Waals surface area (Å²) in [4.78, 5) is 12.7. The van der Waals surface area contributed by atoms with Crippen molar-refractivity contribution in [2.45, 2.75) is 31.2 Å². The molecule has 1 saturated heterocycles. The number of nitrogens with one attached hydrogen (secondary N) is 1. The Morgan fingerprint density at radius 2 is 1.80 bits per heavy atom. The molecule has 0 saturated carbocycles. The lowest BCUT2D eigenvalue weighted by atomic mass is 10.2. The van der Waals surface area contributed by atoms with E-state index in [2.05, 4.69) is 12.2 Å². The Kier molecular flexibility index (Phi) is 7.84. The smallest absolute Gasteiger partial charge is 0.251 e. The van der Waals surface area contributed by atoms with Crippen LogP contribution in [0.5, 0.6) is 5.75 Å². The van der Waals surface area contributed by atoms with Crippen molar-refractivity contribution < 1.29 is 22.7 Å². The maximum Gasteiger partial charge on any atom is 0.251 e. The number of sulfonamides is 1. The van der Waals surface area contributed by atoms with Crippen molar-refractivity contribution in [2.24, 2.45) is 0 Å². The molecule has 8 heteroatoms. The van der Waals surface area contributed by atoms with Gasteiger partial charge >= 0.3 is 0 Å². The SMILES string of the molecule is CCCCOc1ccc(C(=O)NCc2ccccc2S(=O)(=O)N2CCOCC2)cc1. The Hall–Kier alpha value is -2.42. The van der Waals surface area contributed by atoms with E-state index in [1.165, 1.54) is 4.31 Å². The molecule has 1 fully saturated rings. The molecule has 0 spiro atoms. The molecule has 0 atom stereocenters. The van der Waals surface area contributed by atoms with E-state index in [9.17, 15) is 13.2 Å². The maximum atomic E-state index is 13.0. The fourth-order valence-electron chi connectivity index (χ4n) is 3.14. The summed E-state index contributed by atoms with van der Waals surface area (Å²) < 4.78 is 38.3. The van der Waals surface area contributed by atoms with Crippen LogP contribution in [0.1, 0.15) is 35.7 Å². The predicted molar refractivity (Wildman–Crippen MR) is 114 cm³/mol. The largest absolute Gasteiger partial charge is 0.494 e. The van der Waals surface area contributed by atoms with Crippen LogP contribution < -0.4 is 10.1 Å². The molecule has 7 nitrogen and oxygen atoms in total. The number of hydrogen-bond donors (Lipinski definition) is 1. The van der Waals surface area contributed by atoms with Crippen molar-refractivity contribution in [2.75, 3.05) is 32.9 Å². The summed E-state index contributed by atoms with van der Waals surface area (Å²) in [6, 6.07) is 13.7. The zero-order valence-corrected chi connectivity index (χ0v) is 18.0. The second kappa shape index (κ2) is 10.6. The van der Waals surface area contributed by atoms with E-state index < -0.39 is 10.0 Å². The lowest BCUT2D eigenvalue weighted by Crippen LogP contribution is -2.41. The summed E-state index contributed by atoms with van der Waals surface area (Å²) in [5, 5.41) is 2.82. The van der Waals surface area contributed by atoms with Crippen LogP contribution in [0.2, 0.25) is 0 Å².